The Morgan fingerprint density at radius 2 is 1.19 bits per heavy atom. The minimum atomic E-state index is -5.00. The molecule has 2 aliphatic carbocycles. The number of benzene rings is 1. The van der Waals surface area contributed by atoms with E-state index in [-0.39, 0.29) is 17.9 Å². The number of rotatable bonds is 1. The molecule has 4 rings (SSSR count). The summed E-state index contributed by atoms with van der Waals surface area (Å²) in [6.07, 6.45) is -7.74. The number of aromatic nitrogens is 1. The summed E-state index contributed by atoms with van der Waals surface area (Å²) in [7, 11) is 0. The zero-order valence-corrected chi connectivity index (χ0v) is 13.1. The third-order valence-corrected chi connectivity index (χ3v) is 5.28. The van der Waals surface area contributed by atoms with Crippen molar-refractivity contribution in [2.75, 3.05) is 0 Å². The molecule has 2 atom stereocenters. The summed E-state index contributed by atoms with van der Waals surface area (Å²) in [6, 6.07) is 0.996. The van der Waals surface area contributed by atoms with Gasteiger partial charge in [-0.15, -0.1) is 0 Å². The third-order valence-electron chi connectivity index (χ3n) is 5.28. The van der Waals surface area contributed by atoms with Gasteiger partial charge in [0, 0.05) is 11.1 Å². The molecular weight excluding hydrogens is 364 g/mol. The number of fused-ring (bicyclic) bond motifs is 5. The second-order valence-corrected chi connectivity index (χ2v) is 6.78. The first-order valence-corrected chi connectivity index (χ1v) is 7.94. The Morgan fingerprint density at radius 1 is 0.769 bits per heavy atom. The van der Waals surface area contributed by atoms with E-state index in [4.69, 9.17) is 0 Å². The van der Waals surface area contributed by atoms with Gasteiger partial charge >= 0.3 is 12.4 Å². The highest BCUT2D eigenvalue weighted by atomic mass is 19.4. The van der Waals surface area contributed by atoms with E-state index in [1.807, 2.05) is 0 Å². The van der Waals surface area contributed by atoms with Crippen molar-refractivity contribution in [3.05, 3.63) is 40.5 Å². The van der Waals surface area contributed by atoms with Crippen LogP contribution in [0.5, 0.6) is 11.8 Å². The summed E-state index contributed by atoms with van der Waals surface area (Å²) in [6.45, 7) is 0. The van der Waals surface area contributed by atoms with Crippen LogP contribution in [0.25, 0.3) is 5.69 Å². The van der Waals surface area contributed by atoms with E-state index in [0.29, 0.717) is 27.8 Å². The predicted molar refractivity (Wildman–Crippen MR) is 78.4 cm³/mol. The Balaban J connectivity index is 1.95. The lowest BCUT2D eigenvalue weighted by molar-refractivity contribution is -0.143. The van der Waals surface area contributed by atoms with Crippen LogP contribution < -0.4 is 0 Å². The summed E-state index contributed by atoms with van der Waals surface area (Å²) in [5.74, 6) is -1.04. The first-order chi connectivity index (χ1) is 12.0. The lowest BCUT2D eigenvalue weighted by Gasteiger charge is -2.16. The molecule has 0 saturated heterocycles. The zero-order chi connectivity index (χ0) is 19.0. The Labute approximate surface area is 143 Å². The van der Waals surface area contributed by atoms with Crippen LogP contribution in [0.2, 0.25) is 0 Å². The fourth-order valence-electron chi connectivity index (χ4n) is 4.21. The minimum absolute atomic E-state index is 0.0124. The molecule has 3 nitrogen and oxygen atoms in total. The fourth-order valence-corrected chi connectivity index (χ4v) is 4.21. The minimum Gasteiger partial charge on any atom is -0.494 e. The Morgan fingerprint density at radius 3 is 1.58 bits per heavy atom. The number of nitrogens with zero attached hydrogens (tertiary/aromatic N) is 1. The average molecular weight is 377 g/mol. The first kappa shape index (κ1) is 17.1. The van der Waals surface area contributed by atoms with Crippen LogP contribution in [0.3, 0.4) is 0 Å². The van der Waals surface area contributed by atoms with Gasteiger partial charge in [-0.2, -0.15) is 26.3 Å². The highest BCUT2D eigenvalue weighted by Gasteiger charge is 2.45. The van der Waals surface area contributed by atoms with Gasteiger partial charge in [-0.05, 0) is 49.3 Å². The molecule has 0 radical (unpaired) electrons. The number of aromatic hydroxyl groups is 2. The van der Waals surface area contributed by atoms with Gasteiger partial charge in [-0.3, -0.25) is 4.57 Å². The van der Waals surface area contributed by atoms with Crippen LogP contribution in [-0.2, 0) is 12.4 Å². The number of hydrogen-bond donors (Lipinski definition) is 2. The summed E-state index contributed by atoms with van der Waals surface area (Å²) in [5, 5.41) is 20.9. The zero-order valence-electron chi connectivity index (χ0n) is 13.1. The maximum Gasteiger partial charge on any atom is 0.416 e. The van der Waals surface area contributed by atoms with Crippen molar-refractivity contribution in [2.24, 2.45) is 0 Å². The highest BCUT2D eigenvalue weighted by Crippen LogP contribution is 2.60. The first-order valence-electron chi connectivity index (χ1n) is 7.94. The van der Waals surface area contributed by atoms with Crippen LogP contribution in [0, 0.1) is 0 Å². The van der Waals surface area contributed by atoms with Crippen molar-refractivity contribution in [3.63, 3.8) is 0 Å². The SMILES string of the molecule is Oc1c2c(c(O)n1-c1cc(C(F)(F)F)cc(C(F)(F)F)c1)[C@H]1CCC2C1. The van der Waals surface area contributed by atoms with E-state index < -0.39 is 40.9 Å². The van der Waals surface area contributed by atoms with Crippen LogP contribution in [-0.4, -0.2) is 14.8 Å². The van der Waals surface area contributed by atoms with Crippen LogP contribution in [0.15, 0.2) is 18.2 Å². The third kappa shape index (κ3) is 2.36. The molecule has 1 aromatic carbocycles. The van der Waals surface area contributed by atoms with Crippen LogP contribution >= 0.6 is 0 Å². The number of halogens is 6. The molecule has 0 spiro atoms. The molecule has 140 valence electrons. The van der Waals surface area contributed by atoms with Gasteiger partial charge in [0.25, 0.3) is 0 Å². The molecule has 0 amide bonds. The van der Waals surface area contributed by atoms with Gasteiger partial charge in [-0.25, -0.2) is 0 Å². The molecule has 2 aromatic rings. The van der Waals surface area contributed by atoms with E-state index >= 15 is 0 Å². The lowest BCUT2D eigenvalue weighted by atomic mass is 9.95. The molecule has 2 N–H and O–H groups in total. The lowest BCUT2D eigenvalue weighted by Crippen LogP contribution is -2.12. The van der Waals surface area contributed by atoms with Crippen molar-refractivity contribution in [1.82, 2.24) is 4.57 Å². The normalized spacial score (nSPS) is 22.1. The molecule has 0 aliphatic heterocycles. The number of alkyl halides is 6. The van der Waals surface area contributed by atoms with E-state index in [9.17, 15) is 36.6 Å². The summed E-state index contributed by atoms with van der Waals surface area (Å²) in [4.78, 5) is 0. The summed E-state index contributed by atoms with van der Waals surface area (Å²) >= 11 is 0. The maximum absolute atomic E-state index is 13.0. The van der Waals surface area contributed by atoms with E-state index in [0.717, 1.165) is 19.3 Å². The molecule has 9 heteroatoms. The van der Waals surface area contributed by atoms with Crippen molar-refractivity contribution < 1.29 is 36.6 Å². The van der Waals surface area contributed by atoms with Crippen molar-refractivity contribution in [3.8, 4) is 17.4 Å². The van der Waals surface area contributed by atoms with Gasteiger partial charge in [0.15, 0.2) is 0 Å². The second-order valence-electron chi connectivity index (χ2n) is 6.78. The topological polar surface area (TPSA) is 45.4 Å². The maximum atomic E-state index is 13.0. The molecule has 1 heterocycles. The van der Waals surface area contributed by atoms with Gasteiger partial charge < -0.3 is 10.2 Å². The monoisotopic (exact) mass is 377 g/mol. The largest absolute Gasteiger partial charge is 0.494 e. The molecule has 1 unspecified atom stereocenters. The van der Waals surface area contributed by atoms with Gasteiger partial charge in [0.05, 0.1) is 16.8 Å². The predicted octanol–water partition coefficient (Wildman–Crippen LogP) is 5.29. The smallest absolute Gasteiger partial charge is 0.416 e. The van der Waals surface area contributed by atoms with E-state index in [1.165, 1.54) is 0 Å². The van der Waals surface area contributed by atoms with Gasteiger partial charge in [0.1, 0.15) is 0 Å². The molecule has 1 fully saturated rings. The molecule has 1 aromatic heterocycles. The van der Waals surface area contributed by atoms with Crippen LogP contribution in [0.4, 0.5) is 26.3 Å². The molecule has 1 saturated carbocycles. The molecular formula is C17H13F6NO2. The van der Waals surface area contributed by atoms with E-state index in [1.54, 1.807) is 0 Å². The standard InChI is InChI=1S/C17H13F6NO2/c18-16(19,20)9-4-10(17(21,22)23)6-11(5-9)24-14(25)12-7-1-2-8(3-7)13(12)15(24)26/h4-8,25-26H,1-3H2/t7-,8?/m0/s1. The summed E-state index contributed by atoms with van der Waals surface area (Å²) in [5.41, 5.74) is -2.71. The second kappa shape index (κ2) is 5.11. The van der Waals surface area contributed by atoms with Crippen LogP contribution in [0.1, 0.15) is 53.4 Å². The van der Waals surface area contributed by atoms with Crippen molar-refractivity contribution in [1.29, 1.82) is 0 Å². The number of hydrogen-bond acceptors (Lipinski definition) is 2. The van der Waals surface area contributed by atoms with E-state index in [2.05, 4.69) is 0 Å². The fraction of sp³-hybridized carbons (Fsp3) is 0.412. The van der Waals surface area contributed by atoms with Crippen molar-refractivity contribution in [2.45, 2.75) is 43.5 Å². The molecule has 2 aliphatic rings. The average Bonchev–Trinajstić information content (AvgIpc) is 3.19. The van der Waals surface area contributed by atoms with Gasteiger partial charge in [0.2, 0.25) is 11.8 Å². The quantitative estimate of drug-likeness (QED) is 0.664. The molecule has 26 heavy (non-hydrogen) atoms. The Bertz CT molecular complexity index is 830. The Hall–Kier alpha value is -2.32. The molecule has 2 bridgehead atoms. The highest BCUT2D eigenvalue weighted by molar-refractivity contribution is 5.60. The van der Waals surface area contributed by atoms with Crippen molar-refractivity contribution >= 4 is 0 Å². The Kier molecular flexibility index (Phi) is 3.36. The van der Waals surface area contributed by atoms with Gasteiger partial charge in [-0.1, -0.05) is 0 Å². The summed E-state index contributed by atoms with van der Waals surface area (Å²) < 4.78 is 79.0.